The van der Waals surface area contributed by atoms with Gasteiger partial charge in [-0.1, -0.05) is 0 Å². The number of nitriles is 1. The van der Waals surface area contributed by atoms with E-state index in [0.717, 1.165) is 12.8 Å². The molecule has 0 aliphatic rings. The lowest BCUT2D eigenvalue weighted by molar-refractivity contribution is 0.306. The highest BCUT2D eigenvalue weighted by atomic mass is 19.1. The lowest BCUT2D eigenvalue weighted by Crippen LogP contribution is -2.01. The number of ether oxygens (including phenoxy) is 1. The van der Waals surface area contributed by atoms with E-state index in [4.69, 9.17) is 15.7 Å². The first kappa shape index (κ1) is 12.5. The molecule has 4 heteroatoms. The normalized spacial score (nSPS) is 9.81. The molecule has 16 heavy (non-hydrogen) atoms. The van der Waals surface area contributed by atoms with Gasteiger partial charge in [-0.25, -0.2) is 4.39 Å². The van der Waals surface area contributed by atoms with Crippen LogP contribution in [0.15, 0.2) is 18.2 Å². The van der Waals surface area contributed by atoms with Crippen molar-refractivity contribution in [3.05, 3.63) is 29.6 Å². The summed E-state index contributed by atoms with van der Waals surface area (Å²) < 4.78 is 18.4. The molecule has 0 radical (unpaired) electrons. The van der Waals surface area contributed by atoms with Crippen molar-refractivity contribution in [1.29, 1.82) is 5.26 Å². The first-order chi connectivity index (χ1) is 7.76. The minimum Gasteiger partial charge on any atom is -0.493 e. The minimum absolute atomic E-state index is 0.294. The van der Waals surface area contributed by atoms with Gasteiger partial charge in [0.15, 0.2) is 0 Å². The Morgan fingerprint density at radius 2 is 2.12 bits per heavy atom. The van der Waals surface area contributed by atoms with Gasteiger partial charge in [-0.05, 0) is 30.5 Å². The molecule has 0 bridgehead atoms. The third-order valence-corrected chi connectivity index (χ3v) is 2.12. The molecule has 0 aromatic heterocycles. The van der Waals surface area contributed by atoms with E-state index in [1.54, 1.807) is 6.07 Å². The number of hydrogen-bond acceptors (Lipinski definition) is 3. The molecule has 0 saturated carbocycles. The zero-order chi connectivity index (χ0) is 11.8. The SMILES string of the molecule is N#CCCCCOc1cc(F)cc(CN)c1. The highest BCUT2D eigenvalue weighted by Gasteiger charge is 2.00. The second-order valence-corrected chi connectivity index (χ2v) is 3.46. The fourth-order valence-electron chi connectivity index (χ4n) is 1.32. The first-order valence-electron chi connectivity index (χ1n) is 5.25. The maximum Gasteiger partial charge on any atom is 0.127 e. The fourth-order valence-corrected chi connectivity index (χ4v) is 1.32. The molecule has 2 N–H and O–H groups in total. The molecule has 1 rings (SSSR count). The summed E-state index contributed by atoms with van der Waals surface area (Å²) in [6.45, 7) is 0.789. The molecule has 0 aliphatic heterocycles. The van der Waals surface area contributed by atoms with Crippen LogP contribution in [-0.4, -0.2) is 6.61 Å². The summed E-state index contributed by atoms with van der Waals surface area (Å²) in [4.78, 5) is 0. The molecular weight excluding hydrogens is 207 g/mol. The van der Waals surface area contributed by atoms with Gasteiger partial charge in [0.1, 0.15) is 11.6 Å². The number of nitrogens with zero attached hydrogens (tertiary/aromatic N) is 1. The summed E-state index contributed by atoms with van der Waals surface area (Å²) in [6.07, 6.45) is 2.12. The maximum absolute atomic E-state index is 13.1. The van der Waals surface area contributed by atoms with E-state index in [-0.39, 0.29) is 5.82 Å². The van der Waals surface area contributed by atoms with Crippen LogP contribution in [0.3, 0.4) is 0 Å². The molecule has 3 nitrogen and oxygen atoms in total. The van der Waals surface area contributed by atoms with Crippen molar-refractivity contribution in [2.24, 2.45) is 5.73 Å². The number of unbranched alkanes of at least 4 members (excludes halogenated alkanes) is 2. The molecule has 0 unspecified atom stereocenters. The van der Waals surface area contributed by atoms with Crippen LogP contribution in [-0.2, 0) is 6.54 Å². The Bertz CT molecular complexity index is 374. The lowest BCUT2D eigenvalue weighted by atomic mass is 10.2. The Labute approximate surface area is 94.6 Å². The summed E-state index contributed by atoms with van der Waals surface area (Å²) in [5.41, 5.74) is 6.14. The molecule has 86 valence electrons. The standard InChI is InChI=1S/C12H15FN2O/c13-11-6-10(9-15)7-12(8-11)16-5-3-1-2-4-14/h6-8H,1-3,5,9,15H2. The average Bonchev–Trinajstić information content (AvgIpc) is 2.28. The molecule has 0 saturated heterocycles. The second-order valence-electron chi connectivity index (χ2n) is 3.46. The van der Waals surface area contributed by atoms with E-state index in [9.17, 15) is 4.39 Å². The average molecular weight is 222 g/mol. The Hall–Kier alpha value is -1.60. The zero-order valence-corrected chi connectivity index (χ0v) is 9.08. The van der Waals surface area contributed by atoms with Crippen LogP contribution in [0, 0.1) is 17.1 Å². The van der Waals surface area contributed by atoms with Crippen LogP contribution < -0.4 is 10.5 Å². The Balaban J connectivity index is 2.41. The van der Waals surface area contributed by atoms with E-state index < -0.39 is 0 Å². The second kappa shape index (κ2) is 6.81. The number of benzene rings is 1. The first-order valence-corrected chi connectivity index (χ1v) is 5.25. The Kier molecular flexibility index (Phi) is 5.30. The number of halogens is 1. The van der Waals surface area contributed by atoms with Crippen molar-refractivity contribution in [3.8, 4) is 11.8 Å². The molecule has 0 amide bonds. The van der Waals surface area contributed by atoms with Crippen LogP contribution in [0.5, 0.6) is 5.75 Å². The van der Waals surface area contributed by atoms with E-state index in [1.165, 1.54) is 12.1 Å². The molecular formula is C12H15FN2O. The van der Waals surface area contributed by atoms with Crippen molar-refractivity contribution in [2.75, 3.05) is 6.61 Å². The van der Waals surface area contributed by atoms with Crippen molar-refractivity contribution in [2.45, 2.75) is 25.8 Å². The molecule has 0 spiro atoms. The van der Waals surface area contributed by atoms with Crippen LogP contribution >= 0.6 is 0 Å². The van der Waals surface area contributed by atoms with Gasteiger partial charge >= 0.3 is 0 Å². The van der Waals surface area contributed by atoms with Crippen molar-refractivity contribution in [3.63, 3.8) is 0 Å². The van der Waals surface area contributed by atoms with Gasteiger partial charge in [-0.15, -0.1) is 0 Å². The largest absolute Gasteiger partial charge is 0.493 e. The van der Waals surface area contributed by atoms with Gasteiger partial charge in [0, 0.05) is 19.0 Å². The molecule has 0 fully saturated rings. The van der Waals surface area contributed by atoms with Gasteiger partial charge in [0.2, 0.25) is 0 Å². The van der Waals surface area contributed by atoms with Gasteiger partial charge in [-0.2, -0.15) is 5.26 Å². The summed E-state index contributed by atoms with van der Waals surface area (Å²) in [7, 11) is 0. The summed E-state index contributed by atoms with van der Waals surface area (Å²) in [5.74, 6) is 0.160. The third kappa shape index (κ3) is 4.28. The summed E-state index contributed by atoms with van der Waals surface area (Å²) in [6, 6.07) is 6.52. The van der Waals surface area contributed by atoms with Crippen LogP contribution in [0.1, 0.15) is 24.8 Å². The van der Waals surface area contributed by atoms with Gasteiger partial charge < -0.3 is 10.5 Å². The molecule has 0 aliphatic carbocycles. The fraction of sp³-hybridized carbons (Fsp3) is 0.417. The highest BCUT2D eigenvalue weighted by molar-refractivity contribution is 5.29. The monoisotopic (exact) mass is 222 g/mol. The van der Waals surface area contributed by atoms with E-state index in [0.29, 0.717) is 30.9 Å². The lowest BCUT2D eigenvalue weighted by Gasteiger charge is -2.07. The van der Waals surface area contributed by atoms with Crippen molar-refractivity contribution >= 4 is 0 Å². The summed E-state index contributed by atoms with van der Waals surface area (Å²) >= 11 is 0. The number of rotatable bonds is 6. The van der Waals surface area contributed by atoms with Crippen LogP contribution in [0.25, 0.3) is 0 Å². The molecule has 0 atom stereocenters. The van der Waals surface area contributed by atoms with E-state index in [2.05, 4.69) is 6.07 Å². The third-order valence-electron chi connectivity index (χ3n) is 2.12. The van der Waals surface area contributed by atoms with E-state index in [1.807, 2.05) is 0 Å². The predicted molar refractivity (Wildman–Crippen MR) is 59.3 cm³/mol. The molecule has 1 aromatic rings. The van der Waals surface area contributed by atoms with Gasteiger partial charge in [-0.3, -0.25) is 0 Å². The molecule has 0 heterocycles. The molecule has 1 aromatic carbocycles. The highest BCUT2D eigenvalue weighted by Crippen LogP contribution is 2.16. The van der Waals surface area contributed by atoms with Gasteiger partial charge in [0.05, 0.1) is 12.7 Å². The van der Waals surface area contributed by atoms with Crippen LogP contribution in [0.4, 0.5) is 4.39 Å². The minimum atomic E-state index is -0.338. The quantitative estimate of drug-likeness (QED) is 0.751. The van der Waals surface area contributed by atoms with Crippen LogP contribution in [0.2, 0.25) is 0 Å². The predicted octanol–water partition coefficient (Wildman–Crippen LogP) is 2.36. The summed E-state index contributed by atoms with van der Waals surface area (Å²) in [5, 5.41) is 8.33. The Morgan fingerprint density at radius 1 is 1.31 bits per heavy atom. The van der Waals surface area contributed by atoms with E-state index >= 15 is 0 Å². The van der Waals surface area contributed by atoms with Crippen molar-refractivity contribution in [1.82, 2.24) is 0 Å². The number of hydrogen-bond donors (Lipinski definition) is 1. The number of nitrogens with two attached hydrogens (primary N) is 1. The van der Waals surface area contributed by atoms with Gasteiger partial charge in [0.25, 0.3) is 0 Å². The zero-order valence-electron chi connectivity index (χ0n) is 9.08. The smallest absolute Gasteiger partial charge is 0.127 e. The topological polar surface area (TPSA) is 59.0 Å². The van der Waals surface area contributed by atoms with Crippen molar-refractivity contribution < 1.29 is 9.13 Å². The Morgan fingerprint density at radius 3 is 2.81 bits per heavy atom. The maximum atomic E-state index is 13.1.